The van der Waals surface area contributed by atoms with Crippen molar-refractivity contribution in [3.8, 4) is 11.5 Å². The van der Waals surface area contributed by atoms with Gasteiger partial charge in [-0.2, -0.15) is 0 Å². The SMILES string of the molecule is CCNC(=NCc1ccc(N2CCC(C)CC2)nc1)Nc1ccc(OC)c(OC)c1. The lowest BCUT2D eigenvalue weighted by Gasteiger charge is -2.31. The second-order valence-electron chi connectivity index (χ2n) is 7.58. The van der Waals surface area contributed by atoms with E-state index in [0.29, 0.717) is 24.0 Å². The third kappa shape index (κ3) is 5.78. The standard InChI is InChI=1S/C23H33N5O2/c1-5-24-23(27-19-7-8-20(29-3)21(14-19)30-4)26-16-18-6-9-22(25-15-18)28-12-10-17(2)11-13-28/h6-9,14-15,17H,5,10-13,16H2,1-4H3,(H2,24,26,27). The Kier molecular flexibility index (Phi) is 7.76. The Bertz CT molecular complexity index is 830. The monoisotopic (exact) mass is 411 g/mol. The van der Waals surface area contributed by atoms with Crippen molar-refractivity contribution >= 4 is 17.5 Å². The molecular formula is C23H33N5O2. The number of methoxy groups -OCH3 is 2. The second kappa shape index (κ2) is 10.7. The zero-order valence-corrected chi connectivity index (χ0v) is 18.4. The van der Waals surface area contributed by atoms with Crippen molar-refractivity contribution in [1.82, 2.24) is 10.3 Å². The Morgan fingerprint density at radius 1 is 1.13 bits per heavy atom. The predicted octanol–water partition coefficient (Wildman–Crippen LogP) is 3.91. The van der Waals surface area contributed by atoms with Gasteiger partial charge in [0, 0.05) is 37.6 Å². The van der Waals surface area contributed by atoms with E-state index in [1.54, 1.807) is 14.2 Å². The lowest BCUT2D eigenvalue weighted by molar-refractivity contribution is 0.355. The van der Waals surface area contributed by atoms with Gasteiger partial charge in [0.1, 0.15) is 5.82 Å². The van der Waals surface area contributed by atoms with Gasteiger partial charge in [0.15, 0.2) is 17.5 Å². The number of benzene rings is 1. The summed E-state index contributed by atoms with van der Waals surface area (Å²) in [4.78, 5) is 11.7. The number of aliphatic imine (C=N–C) groups is 1. The minimum absolute atomic E-state index is 0.549. The first kappa shape index (κ1) is 21.7. The van der Waals surface area contributed by atoms with E-state index in [0.717, 1.165) is 42.6 Å². The molecular weight excluding hydrogens is 378 g/mol. The highest BCUT2D eigenvalue weighted by Gasteiger charge is 2.16. The molecule has 1 aliphatic heterocycles. The normalized spacial score (nSPS) is 15.1. The Morgan fingerprint density at radius 2 is 1.90 bits per heavy atom. The molecule has 0 amide bonds. The number of hydrogen-bond donors (Lipinski definition) is 2. The van der Waals surface area contributed by atoms with Gasteiger partial charge in [0.05, 0.1) is 20.8 Å². The topological polar surface area (TPSA) is 71.0 Å². The summed E-state index contributed by atoms with van der Waals surface area (Å²) in [6.07, 6.45) is 4.40. The molecule has 3 rings (SSSR count). The Hall–Kier alpha value is -2.96. The van der Waals surface area contributed by atoms with Crippen LogP contribution in [-0.2, 0) is 6.54 Å². The van der Waals surface area contributed by atoms with Crippen LogP contribution < -0.4 is 25.0 Å². The molecule has 0 saturated carbocycles. The second-order valence-corrected chi connectivity index (χ2v) is 7.58. The fourth-order valence-corrected chi connectivity index (χ4v) is 3.46. The lowest BCUT2D eigenvalue weighted by atomic mass is 9.99. The molecule has 30 heavy (non-hydrogen) atoms. The first-order chi connectivity index (χ1) is 14.6. The number of guanidine groups is 1. The van der Waals surface area contributed by atoms with Crippen molar-refractivity contribution in [2.24, 2.45) is 10.9 Å². The van der Waals surface area contributed by atoms with Crippen LogP contribution in [0.1, 0.15) is 32.3 Å². The molecule has 2 N–H and O–H groups in total. The molecule has 1 aromatic carbocycles. The third-order valence-electron chi connectivity index (χ3n) is 5.33. The van der Waals surface area contributed by atoms with Crippen LogP contribution in [0, 0.1) is 5.92 Å². The van der Waals surface area contributed by atoms with Crippen molar-refractivity contribution in [3.05, 3.63) is 42.1 Å². The first-order valence-electron chi connectivity index (χ1n) is 10.6. The van der Waals surface area contributed by atoms with Gasteiger partial charge in [0.2, 0.25) is 0 Å². The average molecular weight is 412 g/mol. The fraction of sp³-hybridized carbons (Fsp3) is 0.478. The quantitative estimate of drug-likeness (QED) is 0.532. The van der Waals surface area contributed by atoms with Crippen LogP contribution in [-0.4, -0.2) is 44.8 Å². The molecule has 1 aromatic heterocycles. The fourth-order valence-electron chi connectivity index (χ4n) is 3.46. The number of pyridine rings is 1. The summed E-state index contributed by atoms with van der Waals surface area (Å²) in [5, 5.41) is 6.59. The van der Waals surface area contributed by atoms with E-state index in [-0.39, 0.29) is 0 Å². The molecule has 7 heteroatoms. The number of rotatable bonds is 7. The molecule has 0 unspecified atom stereocenters. The maximum atomic E-state index is 5.38. The van der Waals surface area contributed by atoms with Crippen molar-refractivity contribution in [1.29, 1.82) is 0 Å². The third-order valence-corrected chi connectivity index (χ3v) is 5.33. The van der Waals surface area contributed by atoms with Gasteiger partial charge in [-0.15, -0.1) is 0 Å². The highest BCUT2D eigenvalue weighted by Crippen LogP contribution is 2.29. The van der Waals surface area contributed by atoms with Crippen LogP contribution in [0.5, 0.6) is 11.5 Å². The number of nitrogens with one attached hydrogen (secondary N) is 2. The summed E-state index contributed by atoms with van der Waals surface area (Å²) < 4.78 is 10.7. The molecule has 2 aromatic rings. The number of nitrogens with zero attached hydrogens (tertiary/aromatic N) is 3. The van der Waals surface area contributed by atoms with Gasteiger partial charge in [0.25, 0.3) is 0 Å². The Morgan fingerprint density at radius 3 is 2.53 bits per heavy atom. The minimum Gasteiger partial charge on any atom is -0.493 e. The van der Waals surface area contributed by atoms with E-state index in [1.807, 2.05) is 31.3 Å². The molecule has 162 valence electrons. The molecule has 0 bridgehead atoms. The maximum Gasteiger partial charge on any atom is 0.196 e. The Labute approximate surface area is 179 Å². The highest BCUT2D eigenvalue weighted by molar-refractivity contribution is 5.93. The van der Waals surface area contributed by atoms with E-state index in [1.165, 1.54) is 12.8 Å². The summed E-state index contributed by atoms with van der Waals surface area (Å²) in [7, 11) is 3.25. The van der Waals surface area contributed by atoms with Gasteiger partial charge in [-0.25, -0.2) is 9.98 Å². The van der Waals surface area contributed by atoms with Crippen LogP contribution in [0.15, 0.2) is 41.5 Å². The zero-order valence-electron chi connectivity index (χ0n) is 18.4. The van der Waals surface area contributed by atoms with E-state index in [2.05, 4.69) is 39.6 Å². The van der Waals surface area contributed by atoms with E-state index in [9.17, 15) is 0 Å². The number of anilines is 2. The van der Waals surface area contributed by atoms with Crippen molar-refractivity contribution < 1.29 is 9.47 Å². The molecule has 0 atom stereocenters. The highest BCUT2D eigenvalue weighted by atomic mass is 16.5. The van der Waals surface area contributed by atoms with Gasteiger partial charge in [-0.3, -0.25) is 0 Å². The van der Waals surface area contributed by atoms with Crippen LogP contribution in [0.25, 0.3) is 0 Å². The largest absolute Gasteiger partial charge is 0.493 e. The number of ether oxygens (including phenoxy) is 2. The molecule has 0 aliphatic carbocycles. The van der Waals surface area contributed by atoms with Gasteiger partial charge >= 0.3 is 0 Å². The zero-order chi connectivity index (χ0) is 21.3. The number of hydrogen-bond acceptors (Lipinski definition) is 5. The molecule has 2 heterocycles. The smallest absolute Gasteiger partial charge is 0.196 e. The van der Waals surface area contributed by atoms with Crippen LogP contribution in [0.4, 0.5) is 11.5 Å². The molecule has 1 saturated heterocycles. The van der Waals surface area contributed by atoms with Crippen LogP contribution in [0.3, 0.4) is 0 Å². The summed E-state index contributed by atoms with van der Waals surface area (Å²) in [5.41, 5.74) is 1.95. The van der Waals surface area contributed by atoms with Gasteiger partial charge in [-0.05, 0) is 49.4 Å². The van der Waals surface area contributed by atoms with E-state index < -0.39 is 0 Å². The molecule has 1 aliphatic rings. The summed E-state index contributed by atoms with van der Waals surface area (Å²) in [6, 6.07) is 9.92. The molecule has 0 radical (unpaired) electrons. The molecule has 0 spiro atoms. The lowest BCUT2D eigenvalue weighted by Crippen LogP contribution is -2.33. The Balaban J connectivity index is 1.64. The minimum atomic E-state index is 0.549. The first-order valence-corrected chi connectivity index (χ1v) is 10.6. The summed E-state index contributed by atoms with van der Waals surface area (Å²) >= 11 is 0. The summed E-state index contributed by atoms with van der Waals surface area (Å²) in [6.45, 7) is 7.86. The number of aromatic nitrogens is 1. The van der Waals surface area contributed by atoms with E-state index >= 15 is 0 Å². The van der Waals surface area contributed by atoms with E-state index in [4.69, 9.17) is 14.5 Å². The van der Waals surface area contributed by atoms with Crippen LogP contribution in [0.2, 0.25) is 0 Å². The van der Waals surface area contributed by atoms with Gasteiger partial charge < -0.3 is 25.0 Å². The average Bonchev–Trinajstić information content (AvgIpc) is 2.78. The van der Waals surface area contributed by atoms with Gasteiger partial charge in [-0.1, -0.05) is 13.0 Å². The molecule has 1 fully saturated rings. The van der Waals surface area contributed by atoms with Crippen molar-refractivity contribution in [2.75, 3.05) is 44.1 Å². The maximum absolute atomic E-state index is 5.38. The summed E-state index contributed by atoms with van der Waals surface area (Å²) in [5.74, 6) is 3.95. The van der Waals surface area contributed by atoms with Crippen molar-refractivity contribution in [3.63, 3.8) is 0 Å². The molecule has 7 nitrogen and oxygen atoms in total. The van der Waals surface area contributed by atoms with Crippen molar-refractivity contribution in [2.45, 2.75) is 33.2 Å². The number of piperidine rings is 1. The predicted molar refractivity (Wildman–Crippen MR) is 123 cm³/mol. The van der Waals surface area contributed by atoms with Crippen LogP contribution >= 0.6 is 0 Å².